The summed E-state index contributed by atoms with van der Waals surface area (Å²) in [6.07, 6.45) is 3.58. The van der Waals surface area contributed by atoms with Crippen molar-refractivity contribution in [2.45, 2.75) is 12.5 Å². The lowest BCUT2D eigenvalue weighted by molar-refractivity contribution is -0.384. The predicted octanol–water partition coefficient (Wildman–Crippen LogP) is 3.52. The molecule has 32 heavy (non-hydrogen) atoms. The maximum absolute atomic E-state index is 13.1. The van der Waals surface area contributed by atoms with Crippen LogP contribution >= 0.6 is 0 Å². The molecule has 1 aliphatic rings. The zero-order chi connectivity index (χ0) is 23.3. The third kappa shape index (κ3) is 5.09. The number of ketones is 1. The molecule has 8 nitrogen and oxygen atoms in total. The predicted molar refractivity (Wildman–Crippen MR) is 121 cm³/mol. The minimum atomic E-state index is -0.821. The SMILES string of the molecule is CN(C)CCCN1C(=O)C(O)=C(C(=O)/C=C/c2ccccc2)C1c1ccc([N+](=O)[O-])cc1. The molecule has 1 amide bonds. The molecule has 1 N–H and O–H groups in total. The highest BCUT2D eigenvalue weighted by Gasteiger charge is 2.42. The minimum absolute atomic E-state index is 0.0270. The zero-order valence-corrected chi connectivity index (χ0v) is 18.0. The molecule has 0 radical (unpaired) electrons. The summed E-state index contributed by atoms with van der Waals surface area (Å²) in [5.41, 5.74) is 1.21. The summed E-state index contributed by atoms with van der Waals surface area (Å²) in [5, 5.41) is 21.6. The number of nitro groups is 1. The molecule has 0 fully saturated rings. The maximum atomic E-state index is 13.1. The van der Waals surface area contributed by atoms with Gasteiger partial charge in [0.15, 0.2) is 11.5 Å². The summed E-state index contributed by atoms with van der Waals surface area (Å²) in [5.74, 6) is -1.69. The van der Waals surface area contributed by atoms with Crippen LogP contribution in [0.3, 0.4) is 0 Å². The molecule has 1 heterocycles. The van der Waals surface area contributed by atoms with Crippen LogP contribution in [-0.2, 0) is 9.59 Å². The van der Waals surface area contributed by atoms with Crippen LogP contribution in [0.4, 0.5) is 5.69 Å². The van der Waals surface area contributed by atoms with Crippen molar-refractivity contribution in [1.82, 2.24) is 9.80 Å². The lowest BCUT2D eigenvalue weighted by atomic mass is 9.95. The Balaban J connectivity index is 1.95. The van der Waals surface area contributed by atoms with E-state index in [4.69, 9.17) is 0 Å². The number of amides is 1. The van der Waals surface area contributed by atoms with E-state index >= 15 is 0 Å². The van der Waals surface area contributed by atoms with Gasteiger partial charge in [0.2, 0.25) is 0 Å². The molecule has 0 saturated carbocycles. The third-order valence-corrected chi connectivity index (χ3v) is 5.22. The fourth-order valence-electron chi connectivity index (χ4n) is 3.64. The van der Waals surface area contributed by atoms with Gasteiger partial charge >= 0.3 is 0 Å². The quantitative estimate of drug-likeness (QED) is 0.367. The van der Waals surface area contributed by atoms with Crippen LogP contribution in [0.15, 0.2) is 72.0 Å². The summed E-state index contributed by atoms with van der Waals surface area (Å²) in [7, 11) is 3.83. The Morgan fingerprint density at radius 1 is 1.16 bits per heavy atom. The Bertz CT molecular complexity index is 1060. The molecule has 2 aromatic carbocycles. The Hall–Kier alpha value is -3.78. The summed E-state index contributed by atoms with van der Waals surface area (Å²) in [4.78, 5) is 39.8. The lowest BCUT2D eigenvalue weighted by Crippen LogP contribution is -2.33. The second-order valence-corrected chi connectivity index (χ2v) is 7.78. The maximum Gasteiger partial charge on any atom is 0.290 e. The van der Waals surface area contributed by atoms with Crippen molar-refractivity contribution in [2.75, 3.05) is 27.2 Å². The van der Waals surface area contributed by atoms with Crippen molar-refractivity contribution < 1.29 is 19.6 Å². The molecule has 166 valence electrons. The van der Waals surface area contributed by atoms with Crippen LogP contribution in [0.5, 0.6) is 0 Å². The fourth-order valence-corrected chi connectivity index (χ4v) is 3.64. The molecule has 0 bridgehead atoms. The van der Waals surface area contributed by atoms with Gasteiger partial charge in [-0.05, 0) is 56.4 Å². The minimum Gasteiger partial charge on any atom is -0.503 e. The van der Waals surface area contributed by atoms with Crippen molar-refractivity contribution in [3.63, 3.8) is 0 Å². The molecular weight excluding hydrogens is 410 g/mol. The molecule has 0 aliphatic carbocycles. The van der Waals surface area contributed by atoms with Gasteiger partial charge < -0.3 is 14.9 Å². The van der Waals surface area contributed by atoms with Crippen LogP contribution < -0.4 is 0 Å². The Kier molecular flexibility index (Phi) is 7.17. The summed E-state index contributed by atoms with van der Waals surface area (Å²) in [6, 6.07) is 14.1. The van der Waals surface area contributed by atoms with Gasteiger partial charge in [0, 0.05) is 18.7 Å². The first-order valence-electron chi connectivity index (χ1n) is 10.2. The number of aliphatic hydroxyl groups excluding tert-OH is 1. The molecule has 0 saturated heterocycles. The second-order valence-electron chi connectivity index (χ2n) is 7.78. The van der Waals surface area contributed by atoms with Gasteiger partial charge in [-0.1, -0.05) is 36.4 Å². The number of carbonyl (C=O) groups is 2. The average Bonchev–Trinajstić information content (AvgIpc) is 3.03. The highest BCUT2D eigenvalue weighted by Crippen LogP contribution is 2.38. The number of hydrogen-bond acceptors (Lipinski definition) is 6. The number of carbonyl (C=O) groups excluding carboxylic acids is 2. The number of allylic oxidation sites excluding steroid dienone is 1. The van der Waals surface area contributed by atoms with Crippen molar-refractivity contribution in [2.24, 2.45) is 0 Å². The highest BCUT2D eigenvalue weighted by atomic mass is 16.6. The number of hydrogen-bond donors (Lipinski definition) is 1. The molecule has 8 heteroatoms. The fraction of sp³-hybridized carbons (Fsp3) is 0.250. The summed E-state index contributed by atoms with van der Waals surface area (Å²) < 4.78 is 0. The van der Waals surface area contributed by atoms with Crippen molar-refractivity contribution in [3.8, 4) is 0 Å². The lowest BCUT2D eigenvalue weighted by Gasteiger charge is -2.27. The van der Waals surface area contributed by atoms with Gasteiger partial charge in [-0.15, -0.1) is 0 Å². The number of rotatable bonds is 9. The van der Waals surface area contributed by atoms with Crippen molar-refractivity contribution >= 4 is 23.5 Å². The Labute approximate surface area is 186 Å². The van der Waals surface area contributed by atoms with E-state index in [1.807, 2.05) is 49.3 Å². The largest absolute Gasteiger partial charge is 0.503 e. The zero-order valence-electron chi connectivity index (χ0n) is 18.0. The molecule has 0 aromatic heterocycles. The van der Waals surface area contributed by atoms with Gasteiger partial charge in [-0.25, -0.2) is 0 Å². The van der Waals surface area contributed by atoms with Crippen LogP contribution in [0, 0.1) is 10.1 Å². The van der Waals surface area contributed by atoms with Gasteiger partial charge in [0.05, 0.1) is 16.5 Å². The topological polar surface area (TPSA) is 104 Å². The Morgan fingerprint density at radius 2 is 1.81 bits per heavy atom. The van der Waals surface area contributed by atoms with Crippen LogP contribution in [-0.4, -0.2) is 58.7 Å². The van der Waals surface area contributed by atoms with E-state index < -0.39 is 28.4 Å². The monoisotopic (exact) mass is 435 g/mol. The smallest absolute Gasteiger partial charge is 0.290 e. The standard InChI is InChI=1S/C24H25N3O5/c1-25(2)15-6-16-26-22(18-10-12-19(13-11-18)27(31)32)21(23(29)24(26)30)20(28)14-9-17-7-4-3-5-8-17/h3-5,7-14,22,29H,6,15-16H2,1-2H3/b14-9+. The van der Waals surface area contributed by atoms with Crippen LogP contribution in [0.1, 0.15) is 23.6 Å². The number of benzene rings is 2. The molecule has 1 unspecified atom stereocenters. The molecule has 1 atom stereocenters. The first kappa shape index (κ1) is 22.9. The van der Waals surface area contributed by atoms with E-state index in [-0.39, 0.29) is 11.3 Å². The number of nitrogens with zero attached hydrogens (tertiary/aromatic N) is 3. The average molecular weight is 435 g/mol. The van der Waals surface area contributed by atoms with E-state index in [1.165, 1.54) is 35.2 Å². The molecule has 2 aromatic rings. The Morgan fingerprint density at radius 3 is 2.41 bits per heavy atom. The van der Waals surface area contributed by atoms with Crippen LogP contribution in [0.2, 0.25) is 0 Å². The second kappa shape index (κ2) is 10.0. The number of nitro benzene ring substituents is 1. The van der Waals surface area contributed by atoms with Gasteiger partial charge in [-0.2, -0.15) is 0 Å². The van der Waals surface area contributed by atoms with Gasteiger partial charge in [0.25, 0.3) is 11.6 Å². The van der Waals surface area contributed by atoms with E-state index in [0.29, 0.717) is 25.1 Å². The molecule has 1 aliphatic heterocycles. The number of aliphatic hydroxyl groups is 1. The van der Waals surface area contributed by atoms with E-state index in [9.17, 15) is 24.8 Å². The number of non-ortho nitro benzene ring substituents is 1. The third-order valence-electron chi connectivity index (χ3n) is 5.22. The highest BCUT2D eigenvalue weighted by molar-refractivity contribution is 6.14. The van der Waals surface area contributed by atoms with Crippen molar-refractivity contribution in [1.29, 1.82) is 0 Å². The van der Waals surface area contributed by atoms with Crippen LogP contribution in [0.25, 0.3) is 6.08 Å². The first-order valence-corrected chi connectivity index (χ1v) is 10.2. The van der Waals surface area contributed by atoms with E-state index in [2.05, 4.69) is 0 Å². The summed E-state index contributed by atoms with van der Waals surface area (Å²) in [6.45, 7) is 1.04. The first-order chi connectivity index (χ1) is 15.3. The van der Waals surface area contributed by atoms with E-state index in [1.54, 1.807) is 6.08 Å². The summed E-state index contributed by atoms with van der Waals surface area (Å²) >= 11 is 0. The van der Waals surface area contributed by atoms with Crippen molar-refractivity contribution in [3.05, 3.63) is 93.2 Å². The molecule has 3 rings (SSSR count). The van der Waals surface area contributed by atoms with Gasteiger partial charge in [0.1, 0.15) is 0 Å². The molecular formula is C24H25N3O5. The molecule has 0 spiro atoms. The normalized spacial score (nSPS) is 16.4. The van der Waals surface area contributed by atoms with Gasteiger partial charge in [-0.3, -0.25) is 19.7 Å². The van der Waals surface area contributed by atoms with E-state index in [0.717, 1.165) is 5.56 Å².